The van der Waals surface area contributed by atoms with Crippen molar-refractivity contribution in [2.24, 2.45) is 0 Å². The maximum atomic E-state index is 13.6. The van der Waals surface area contributed by atoms with Gasteiger partial charge in [-0.25, -0.2) is 9.37 Å². The topological polar surface area (TPSA) is 71.1 Å². The fourth-order valence-corrected chi connectivity index (χ4v) is 3.70. The molecule has 1 amide bonds. The van der Waals surface area contributed by atoms with Gasteiger partial charge in [0.1, 0.15) is 5.82 Å². The van der Waals surface area contributed by atoms with E-state index in [4.69, 9.17) is 4.74 Å². The fourth-order valence-electron chi connectivity index (χ4n) is 3.70. The lowest BCUT2D eigenvalue weighted by Gasteiger charge is -2.32. The Hall–Kier alpha value is -3.22. The van der Waals surface area contributed by atoms with Crippen molar-refractivity contribution in [1.82, 2.24) is 20.1 Å². The minimum absolute atomic E-state index is 0.0193. The van der Waals surface area contributed by atoms with E-state index >= 15 is 0 Å². The third-order valence-corrected chi connectivity index (χ3v) is 5.19. The van der Waals surface area contributed by atoms with Crippen LogP contribution in [0.5, 0.6) is 5.88 Å². The molecule has 28 heavy (non-hydrogen) atoms. The van der Waals surface area contributed by atoms with E-state index in [-0.39, 0.29) is 17.6 Å². The number of hydrogen-bond donors (Lipinski definition) is 1. The number of ether oxygens (including phenoxy) is 1. The third kappa shape index (κ3) is 3.60. The molecule has 6 nitrogen and oxygen atoms in total. The Kier molecular flexibility index (Phi) is 5.06. The molecule has 1 fully saturated rings. The number of benzene rings is 1. The number of halogens is 1. The van der Waals surface area contributed by atoms with Gasteiger partial charge in [0, 0.05) is 48.1 Å². The zero-order valence-electron chi connectivity index (χ0n) is 15.6. The number of nitrogens with zero attached hydrogens (tertiary/aromatic N) is 3. The number of pyridine rings is 1. The summed E-state index contributed by atoms with van der Waals surface area (Å²) in [5.41, 5.74) is 3.31. The molecule has 3 aromatic rings. The number of carbonyl (C=O) groups is 1. The van der Waals surface area contributed by atoms with E-state index in [1.807, 2.05) is 11.0 Å². The van der Waals surface area contributed by atoms with Gasteiger partial charge in [-0.15, -0.1) is 0 Å². The van der Waals surface area contributed by atoms with Gasteiger partial charge < -0.3 is 9.64 Å². The van der Waals surface area contributed by atoms with Gasteiger partial charge >= 0.3 is 0 Å². The minimum atomic E-state index is -0.266. The zero-order chi connectivity index (χ0) is 19.5. The summed E-state index contributed by atoms with van der Waals surface area (Å²) >= 11 is 0. The van der Waals surface area contributed by atoms with Gasteiger partial charge in [0.05, 0.1) is 13.3 Å². The molecule has 0 aliphatic carbocycles. The summed E-state index contributed by atoms with van der Waals surface area (Å²) in [6, 6.07) is 9.89. The number of hydrogen-bond acceptors (Lipinski definition) is 4. The van der Waals surface area contributed by atoms with E-state index in [1.165, 1.54) is 19.2 Å². The number of nitrogens with one attached hydrogen (secondary N) is 1. The van der Waals surface area contributed by atoms with E-state index < -0.39 is 0 Å². The Morgan fingerprint density at radius 3 is 2.82 bits per heavy atom. The molecule has 7 heteroatoms. The van der Waals surface area contributed by atoms with E-state index in [9.17, 15) is 9.18 Å². The molecule has 1 aromatic carbocycles. The first-order valence-corrected chi connectivity index (χ1v) is 9.24. The number of likely N-dealkylation sites (tertiary alicyclic amines) is 1. The molecule has 4 rings (SSSR count). The van der Waals surface area contributed by atoms with E-state index in [2.05, 4.69) is 15.2 Å². The predicted octanol–water partition coefficient (Wildman–Crippen LogP) is 3.64. The van der Waals surface area contributed by atoms with E-state index in [0.717, 1.165) is 29.7 Å². The number of aromatic amines is 1. The fraction of sp³-hybridized carbons (Fsp3) is 0.286. The van der Waals surface area contributed by atoms with Gasteiger partial charge in [0.15, 0.2) is 0 Å². The maximum Gasteiger partial charge on any atom is 0.254 e. The number of aromatic nitrogens is 3. The normalized spacial score (nSPS) is 14.9. The number of amides is 1. The second-order valence-electron chi connectivity index (χ2n) is 6.86. The Morgan fingerprint density at radius 2 is 2.07 bits per heavy atom. The third-order valence-electron chi connectivity index (χ3n) is 5.19. The lowest BCUT2D eigenvalue weighted by molar-refractivity contribution is 0.0711. The minimum Gasteiger partial charge on any atom is -0.481 e. The van der Waals surface area contributed by atoms with Crippen LogP contribution in [0.3, 0.4) is 0 Å². The summed E-state index contributed by atoms with van der Waals surface area (Å²) in [6.45, 7) is 1.30. The van der Waals surface area contributed by atoms with Gasteiger partial charge in [-0.3, -0.25) is 9.89 Å². The van der Waals surface area contributed by atoms with Crippen LogP contribution in [-0.4, -0.2) is 46.2 Å². The van der Waals surface area contributed by atoms with Crippen LogP contribution in [0.1, 0.15) is 34.8 Å². The smallest absolute Gasteiger partial charge is 0.254 e. The van der Waals surface area contributed by atoms with Crippen LogP contribution in [-0.2, 0) is 0 Å². The monoisotopic (exact) mass is 380 g/mol. The van der Waals surface area contributed by atoms with Gasteiger partial charge in [0.25, 0.3) is 5.91 Å². The van der Waals surface area contributed by atoms with Gasteiger partial charge in [-0.2, -0.15) is 5.10 Å². The summed E-state index contributed by atoms with van der Waals surface area (Å²) in [7, 11) is 1.53. The largest absolute Gasteiger partial charge is 0.481 e. The van der Waals surface area contributed by atoms with Crippen LogP contribution in [0.25, 0.3) is 11.1 Å². The molecule has 0 unspecified atom stereocenters. The summed E-state index contributed by atoms with van der Waals surface area (Å²) in [6.07, 6.45) is 4.95. The van der Waals surface area contributed by atoms with Crippen molar-refractivity contribution in [3.63, 3.8) is 0 Å². The van der Waals surface area contributed by atoms with Crippen molar-refractivity contribution in [2.45, 2.75) is 18.8 Å². The van der Waals surface area contributed by atoms with Crippen molar-refractivity contribution >= 4 is 5.91 Å². The highest BCUT2D eigenvalue weighted by molar-refractivity contribution is 5.94. The highest BCUT2D eigenvalue weighted by atomic mass is 19.1. The Morgan fingerprint density at radius 1 is 1.25 bits per heavy atom. The number of rotatable bonds is 4. The summed E-state index contributed by atoms with van der Waals surface area (Å²) in [5.74, 6) is 0.390. The Labute approximate surface area is 162 Å². The molecule has 0 atom stereocenters. The second kappa shape index (κ2) is 7.80. The van der Waals surface area contributed by atoms with Crippen LogP contribution in [0, 0.1) is 5.82 Å². The quantitative estimate of drug-likeness (QED) is 0.750. The van der Waals surface area contributed by atoms with Crippen LogP contribution in [0.15, 0.2) is 48.8 Å². The lowest BCUT2D eigenvalue weighted by Crippen LogP contribution is -2.38. The summed E-state index contributed by atoms with van der Waals surface area (Å²) < 4.78 is 18.7. The number of carbonyl (C=O) groups excluding carboxylic acids is 1. The van der Waals surface area contributed by atoms with Crippen LogP contribution in [0.2, 0.25) is 0 Å². The number of H-pyrrole nitrogens is 1. The SMILES string of the molecule is COc1cc(C(=O)N2CCC(c3[nH]ncc3-c3cccc(F)c3)CC2)ccn1. The molecule has 2 aromatic heterocycles. The molecule has 1 aliphatic rings. The van der Waals surface area contributed by atoms with Crippen molar-refractivity contribution in [1.29, 1.82) is 0 Å². The molecule has 0 radical (unpaired) electrons. The van der Waals surface area contributed by atoms with Crippen LogP contribution >= 0.6 is 0 Å². The molecular formula is C21H21FN4O2. The van der Waals surface area contributed by atoms with Crippen molar-refractivity contribution < 1.29 is 13.9 Å². The molecule has 0 spiro atoms. The van der Waals surface area contributed by atoms with E-state index in [1.54, 1.807) is 30.6 Å². The molecular weight excluding hydrogens is 359 g/mol. The average molecular weight is 380 g/mol. The first-order valence-electron chi connectivity index (χ1n) is 9.24. The van der Waals surface area contributed by atoms with Crippen molar-refractivity contribution in [3.8, 4) is 17.0 Å². The zero-order valence-corrected chi connectivity index (χ0v) is 15.6. The average Bonchev–Trinajstić information content (AvgIpc) is 3.23. The summed E-state index contributed by atoms with van der Waals surface area (Å²) in [4.78, 5) is 18.7. The van der Waals surface area contributed by atoms with Gasteiger partial charge in [-0.05, 0) is 36.6 Å². The number of piperidine rings is 1. The highest BCUT2D eigenvalue weighted by Crippen LogP contribution is 2.34. The molecule has 1 N–H and O–H groups in total. The van der Waals surface area contributed by atoms with Gasteiger partial charge in [0.2, 0.25) is 5.88 Å². The molecule has 0 bridgehead atoms. The molecule has 1 aliphatic heterocycles. The Balaban J connectivity index is 1.46. The molecule has 3 heterocycles. The predicted molar refractivity (Wildman–Crippen MR) is 103 cm³/mol. The molecule has 1 saturated heterocycles. The first kappa shape index (κ1) is 18.2. The van der Waals surface area contributed by atoms with Crippen molar-refractivity contribution in [3.05, 3.63) is 65.9 Å². The second-order valence-corrected chi connectivity index (χ2v) is 6.86. The standard InChI is InChI=1S/C21H21FN4O2/c1-28-19-12-16(5-8-23-19)21(27)26-9-6-14(7-10-26)20-18(13-24-25-20)15-3-2-4-17(22)11-15/h2-5,8,11-14H,6-7,9-10H2,1H3,(H,24,25). The molecule has 144 valence electrons. The summed E-state index contributed by atoms with van der Waals surface area (Å²) in [5, 5.41) is 7.26. The Bertz CT molecular complexity index is 980. The highest BCUT2D eigenvalue weighted by Gasteiger charge is 2.27. The van der Waals surface area contributed by atoms with Crippen molar-refractivity contribution in [2.75, 3.05) is 20.2 Å². The lowest BCUT2D eigenvalue weighted by atomic mass is 9.89. The number of methoxy groups -OCH3 is 1. The maximum absolute atomic E-state index is 13.6. The first-order chi connectivity index (χ1) is 13.7. The van der Waals surface area contributed by atoms with E-state index in [0.29, 0.717) is 24.5 Å². The van der Waals surface area contributed by atoms with Crippen LogP contribution < -0.4 is 4.74 Å². The van der Waals surface area contributed by atoms with Crippen LogP contribution in [0.4, 0.5) is 4.39 Å². The molecule has 0 saturated carbocycles. The van der Waals surface area contributed by atoms with Gasteiger partial charge in [-0.1, -0.05) is 12.1 Å².